The van der Waals surface area contributed by atoms with Crippen molar-refractivity contribution >= 4 is 40.0 Å². The van der Waals surface area contributed by atoms with Gasteiger partial charge in [0, 0.05) is 17.0 Å². The number of methoxy groups -OCH3 is 1. The van der Waals surface area contributed by atoms with Gasteiger partial charge < -0.3 is 24.4 Å². The lowest BCUT2D eigenvalue weighted by Crippen LogP contribution is -2.36. The summed E-state index contributed by atoms with van der Waals surface area (Å²) < 4.78 is 16.7. The molecule has 1 aliphatic rings. The molecule has 4 rings (SSSR count). The number of anilines is 1. The molecule has 2 heterocycles. The summed E-state index contributed by atoms with van der Waals surface area (Å²) in [7, 11) is 1.57. The molecule has 0 spiro atoms. The maximum absolute atomic E-state index is 13.3. The van der Waals surface area contributed by atoms with Crippen molar-refractivity contribution in [3.8, 4) is 17.4 Å². The van der Waals surface area contributed by atoms with E-state index in [9.17, 15) is 14.7 Å². The first-order valence-electron chi connectivity index (χ1n) is 11.5. The molecule has 0 bridgehead atoms. The van der Waals surface area contributed by atoms with Gasteiger partial charge in [-0.05, 0) is 73.2 Å². The number of aromatic nitrogens is 2. The van der Waals surface area contributed by atoms with E-state index in [2.05, 4.69) is 10.6 Å². The lowest BCUT2D eigenvalue weighted by molar-refractivity contribution is -0.705. The average Bonchev–Trinajstić information content (AvgIpc) is 3.42. The highest BCUT2D eigenvalue weighted by Crippen LogP contribution is 2.39. The molecule has 0 radical (unpaired) electrons. The Bertz CT molecular complexity index is 1200. The second kappa shape index (κ2) is 11.1. The van der Waals surface area contributed by atoms with Crippen LogP contribution in [0.4, 0.5) is 5.00 Å². The zero-order valence-electron chi connectivity index (χ0n) is 19.8. The summed E-state index contributed by atoms with van der Waals surface area (Å²) in [6, 6.07) is 6.98. The molecule has 35 heavy (non-hydrogen) atoms. The zero-order chi connectivity index (χ0) is 24.9. The van der Waals surface area contributed by atoms with E-state index in [1.165, 1.54) is 16.0 Å². The van der Waals surface area contributed by atoms with Crippen LogP contribution in [0.5, 0.6) is 11.7 Å². The number of thiophene rings is 1. The minimum Gasteiger partial charge on any atom is -0.538 e. The van der Waals surface area contributed by atoms with Crippen molar-refractivity contribution in [3.63, 3.8) is 0 Å². The molecule has 0 saturated heterocycles. The van der Waals surface area contributed by atoms with E-state index >= 15 is 0 Å². The number of fused-ring (bicyclic) bond motifs is 1. The second-order valence-corrected chi connectivity index (χ2v) is 10.2. The molecule has 1 aromatic carbocycles. The number of nitrogens with one attached hydrogen (secondary N) is 1. The van der Waals surface area contributed by atoms with Gasteiger partial charge in [0.1, 0.15) is 10.8 Å². The Morgan fingerprint density at radius 1 is 1.26 bits per heavy atom. The number of carbonyl (C=O) groups excluding carboxylic acids is 2. The molecule has 1 aliphatic carbocycles. The van der Waals surface area contributed by atoms with Gasteiger partial charge in [0.15, 0.2) is 5.95 Å². The normalized spacial score (nSPS) is 13.7. The highest BCUT2D eigenvalue weighted by atomic mass is 32.2. The van der Waals surface area contributed by atoms with Crippen molar-refractivity contribution in [1.29, 1.82) is 0 Å². The second-order valence-electron chi connectivity index (χ2n) is 7.91. The van der Waals surface area contributed by atoms with Crippen LogP contribution in [-0.4, -0.2) is 36.1 Å². The van der Waals surface area contributed by atoms with Crippen LogP contribution < -0.4 is 19.8 Å². The lowest BCUT2D eigenvalue weighted by Gasteiger charge is -2.14. The number of aryl methyl sites for hydroxylation is 1. The van der Waals surface area contributed by atoms with Crippen LogP contribution in [0.25, 0.3) is 5.69 Å². The third kappa shape index (κ3) is 5.30. The fourth-order valence-electron chi connectivity index (χ4n) is 3.95. The molecule has 0 fully saturated rings. The number of nitrogens with zero attached hydrogens (tertiary/aromatic N) is 2. The molecule has 1 N–H and O–H groups in total. The molecular weight excluding hydrogens is 490 g/mol. The maximum atomic E-state index is 13.3. The first kappa shape index (κ1) is 25.1. The van der Waals surface area contributed by atoms with Crippen molar-refractivity contribution in [2.75, 3.05) is 19.0 Å². The van der Waals surface area contributed by atoms with Crippen LogP contribution in [0.1, 0.15) is 53.9 Å². The Labute approximate surface area is 211 Å². The highest BCUT2D eigenvalue weighted by Gasteiger charge is 2.31. The van der Waals surface area contributed by atoms with E-state index in [-0.39, 0.29) is 17.5 Å². The third-order valence-electron chi connectivity index (χ3n) is 5.69. The summed E-state index contributed by atoms with van der Waals surface area (Å²) in [5.41, 5.74) is 2.04. The topological polar surface area (TPSA) is 118 Å². The Morgan fingerprint density at radius 2 is 2.00 bits per heavy atom. The first-order chi connectivity index (χ1) is 17.0. The largest absolute Gasteiger partial charge is 0.538 e. The summed E-state index contributed by atoms with van der Waals surface area (Å²) in [6.45, 7) is 3.88. The molecule has 11 heteroatoms. The van der Waals surface area contributed by atoms with Gasteiger partial charge in [0.05, 0.1) is 29.8 Å². The van der Waals surface area contributed by atoms with Crippen molar-refractivity contribution in [3.05, 3.63) is 40.3 Å². The molecule has 186 valence electrons. The van der Waals surface area contributed by atoms with Crippen LogP contribution in [0.15, 0.2) is 33.8 Å². The molecule has 1 atom stereocenters. The Hall–Kier alpha value is -3.05. The van der Waals surface area contributed by atoms with E-state index < -0.39 is 17.2 Å². The van der Waals surface area contributed by atoms with Gasteiger partial charge >= 0.3 is 5.97 Å². The highest BCUT2D eigenvalue weighted by molar-refractivity contribution is 8.00. The molecule has 2 aromatic heterocycles. The van der Waals surface area contributed by atoms with Crippen LogP contribution in [0.2, 0.25) is 0 Å². The molecule has 1 unspecified atom stereocenters. The van der Waals surface area contributed by atoms with Crippen LogP contribution in [-0.2, 0) is 22.4 Å². The number of hydrogen-bond acceptors (Lipinski definition) is 9. The summed E-state index contributed by atoms with van der Waals surface area (Å²) >= 11 is 2.51. The molecule has 1 amide bonds. The number of thioether (sulfide) groups is 1. The number of ether oxygens (including phenoxy) is 2. The smallest absolute Gasteiger partial charge is 0.341 e. The Balaban J connectivity index is 1.58. The van der Waals surface area contributed by atoms with Crippen LogP contribution in [0.3, 0.4) is 0 Å². The Kier molecular flexibility index (Phi) is 7.97. The van der Waals surface area contributed by atoms with Gasteiger partial charge in [-0.3, -0.25) is 4.79 Å². The van der Waals surface area contributed by atoms with Gasteiger partial charge in [-0.2, -0.15) is 0 Å². The van der Waals surface area contributed by atoms with Crippen LogP contribution in [0, 0.1) is 0 Å². The first-order valence-corrected chi connectivity index (χ1v) is 13.2. The summed E-state index contributed by atoms with van der Waals surface area (Å²) in [5, 5.41) is 19.3. The lowest BCUT2D eigenvalue weighted by atomic mass is 9.95. The summed E-state index contributed by atoms with van der Waals surface area (Å²) in [4.78, 5) is 27.1. The van der Waals surface area contributed by atoms with E-state index in [1.54, 1.807) is 38.3 Å². The minimum atomic E-state index is -0.629. The molecule has 9 nitrogen and oxygen atoms in total. The quantitative estimate of drug-likeness (QED) is 0.260. The molecule has 0 aliphatic heterocycles. The molecule has 3 aromatic rings. The van der Waals surface area contributed by atoms with Crippen LogP contribution >= 0.6 is 23.1 Å². The van der Waals surface area contributed by atoms with Crippen molar-refractivity contribution in [2.45, 2.75) is 56.2 Å². The van der Waals surface area contributed by atoms with E-state index in [0.29, 0.717) is 28.4 Å². The summed E-state index contributed by atoms with van der Waals surface area (Å²) in [5.74, 6) is -0.684. The van der Waals surface area contributed by atoms with E-state index in [1.807, 2.05) is 6.92 Å². The SMILES string of the molecule is CCOC(=O)c1c(NC(=O)C(CC)Sc2c([O-])on[n+]2-c2ccc(OC)cc2)sc2c1CCCC2. The van der Waals surface area contributed by atoms with E-state index in [4.69, 9.17) is 14.0 Å². The predicted octanol–water partition coefficient (Wildman–Crippen LogP) is 3.66. The summed E-state index contributed by atoms with van der Waals surface area (Å²) in [6.07, 6.45) is 4.19. The fourth-order valence-corrected chi connectivity index (χ4v) is 6.20. The number of amides is 1. The molecule has 0 saturated carbocycles. The predicted molar refractivity (Wildman–Crippen MR) is 130 cm³/mol. The van der Waals surface area contributed by atoms with Crippen molar-refractivity contribution < 1.29 is 33.4 Å². The minimum absolute atomic E-state index is 0.188. The number of rotatable bonds is 9. The Morgan fingerprint density at radius 3 is 2.69 bits per heavy atom. The third-order valence-corrected chi connectivity index (χ3v) is 8.30. The average molecular weight is 518 g/mol. The number of carbonyl (C=O) groups is 2. The van der Waals surface area contributed by atoms with Gasteiger partial charge in [0.25, 0.3) is 5.03 Å². The van der Waals surface area contributed by atoms with Gasteiger partial charge in [-0.15, -0.1) is 11.3 Å². The zero-order valence-corrected chi connectivity index (χ0v) is 21.4. The number of esters is 1. The number of hydrogen-bond donors (Lipinski definition) is 1. The monoisotopic (exact) mass is 517 g/mol. The molecular formula is C24H27N3O6S2. The standard InChI is InChI=1S/C24H27N3O6S2/c1-4-17(35-22-24(30)33-26-27(22)14-10-12-15(31-3)13-11-14)20(28)25-21-19(23(29)32-5-2)16-8-6-7-9-18(16)34-21/h10-13,17H,4-9H2,1-3H3,(H-,25,26,28,29,30). The van der Waals surface area contributed by atoms with E-state index in [0.717, 1.165) is 47.9 Å². The van der Waals surface area contributed by atoms with Crippen molar-refractivity contribution in [1.82, 2.24) is 5.27 Å². The maximum Gasteiger partial charge on any atom is 0.341 e. The van der Waals surface area contributed by atoms with Gasteiger partial charge in [-0.25, -0.2) is 4.79 Å². The van der Waals surface area contributed by atoms with Gasteiger partial charge in [-0.1, -0.05) is 6.92 Å². The van der Waals surface area contributed by atoms with Gasteiger partial charge in [0.2, 0.25) is 11.6 Å². The van der Waals surface area contributed by atoms with Crippen molar-refractivity contribution in [2.24, 2.45) is 0 Å². The number of benzene rings is 1. The fraction of sp³-hybridized carbons (Fsp3) is 0.417.